The lowest BCUT2D eigenvalue weighted by molar-refractivity contribution is -0.128. The van der Waals surface area contributed by atoms with Gasteiger partial charge in [0, 0.05) is 10.5 Å². The smallest absolute Gasteiger partial charge is 0.244 e. The van der Waals surface area contributed by atoms with Crippen molar-refractivity contribution in [3.63, 3.8) is 0 Å². The summed E-state index contributed by atoms with van der Waals surface area (Å²) in [6.45, 7) is 1.94. The molecule has 1 amide bonds. The number of nitrogens with one attached hydrogen (secondary N) is 1. The Hall–Kier alpha value is -1.48. The molecule has 1 aliphatic rings. The Balaban J connectivity index is 2.23. The maximum atomic E-state index is 13.6. The maximum absolute atomic E-state index is 13.6. The molecule has 2 rings (SSSR count). The highest BCUT2D eigenvalue weighted by molar-refractivity contribution is 9.10. The van der Waals surface area contributed by atoms with Crippen LogP contribution in [0, 0.1) is 34.3 Å². The van der Waals surface area contributed by atoms with Crippen molar-refractivity contribution in [3.8, 4) is 6.07 Å². The van der Waals surface area contributed by atoms with Crippen LogP contribution in [-0.2, 0) is 4.79 Å². The van der Waals surface area contributed by atoms with E-state index >= 15 is 0 Å². The van der Waals surface area contributed by atoms with Gasteiger partial charge in [-0.25, -0.2) is 8.78 Å². The van der Waals surface area contributed by atoms with Gasteiger partial charge in [0.05, 0.1) is 11.8 Å². The third-order valence-corrected chi connectivity index (χ3v) is 3.91. The van der Waals surface area contributed by atoms with Crippen LogP contribution in [0.4, 0.5) is 14.5 Å². The highest BCUT2D eigenvalue weighted by Crippen LogP contribution is 2.46. The van der Waals surface area contributed by atoms with Gasteiger partial charge in [0.1, 0.15) is 11.2 Å². The van der Waals surface area contributed by atoms with Crippen LogP contribution in [0.15, 0.2) is 16.6 Å². The van der Waals surface area contributed by atoms with E-state index in [1.807, 2.05) is 13.0 Å². The highest BCUT2D eigenvalue weighted by Gasteiger charge is 2.49. The molecular weight excluding hydrogens is 318 g/mol. The third-order valence-electron chi connectivity index (χ3n) is 3.29. The van der Waals surface area contributed by atoms with E-state index in [-0.39, 0.29) is 10.2 Å². The second-order valence-corrected chi connectivity index (χ2v) is 5.76. The molecular formula is C13H11BrF2N2O. The number of amides is 1. The summed E-state index contributed by atoms with van der Waals surface area (Å²) in [6.07, 6.45) is 0.908. The van der Waals surface area contributed by atoms with Crippen LogP contribution in [0.3, 0.4) is 0 Å². The van der Waals surface area contributed by atoms with Crippen LogP contribution in [0.5, 0.6) is 0 Å². The molecule has 0 aromatic heterocycles. The standard InChI is InChI=1S/C13H11BrF2N2O/c1-7-4-13(5-7,6-17)12(19)18-11-9(14)2-8(15)3-10(11)16/h2-3,7H,4-5H2,1H3,(H,18,19). The van der Waals surface area contributed by atoms with Crippen molar-refractivity contribution in [1.82, 2.24) is 0 Å². The molecule has 3 nitrogen and oxygen atoms in total. The molecule has 0 saturated heterocycles. The van der Waals surface area contributed by atoms with Crippen LogP contribution < -0.4 is 5.32 Å². The van der Waals surface area contributed by atoms with Crippen LogP contribution in [0.1, 0.15) is 19.8 Å². The molecule has 0 radical (unpaired) electrons. The summed E-state index contributed by atoms with van der Waals surface area (Å²) in [5.41, 5.74) is -1.24. The first-order chi connectivity index (χ1) is 8.88. The fourth-order valence-electron chi connectivity index (χ4n) is 2.35. The molecule has 19 heavy (non-hydrogen) atoms. The van der Waals surface area contributed by atoms with E-state index in [0.29, 0.717) is 24.8 Å². The number of carbonyl (C=O) groups excluding carboxylic acids is 1. The number of nitrogens with zero attached hydrogens (tertiary/aromatic N) is 1. The van der Waals surface area contributed by atoms with Crippen LogP contribution in [0.25, 0.3) is 0 Å². The lowest BCUT2D eigenvalue weighted by atomic mass is 9.63. The van der Waals surface area contributed by atoms with Gasteiger partial charge in [-0.2, -0.15) is 5.26 Å². The summed E-state index contributed by atoms with van der Waals surface area (Å²) < 4.78 is 26.6. The molecule has 6 heteroatoms. The second kappa shape index (κ2) is 4.89. The van der Waals surface area contributed by atoms with Crippen molar-refractivity contribution in [2.45, 2.75) is 19.8 Å². The first kappa shape index (κ1) is 13.9. The van der Waals surface area contributed by atoms with E-state index < -0.39 is 23.0 Å². The van der Waals surface area contributed by atoms with E-state index in [1.165, 1.54) is 0 Å². The number of halogens is 3. The zero-order valence-electron chi connectivity index (χ0n) is 10.1. The van der Waals surface area contributed by atoms with E-state index in [2.05, 4.69) is 21.2 Å². The summed E-state index contributed by atoms with van der Waals surface area (Å²) >= 11 is 2.99. The minimum Gasteiger partial charge on any atom is -0.321 e. The van der Waals surface area contributed by atoms with Gasteiger partial charge in [0.15, 0.2) is 5.82 Å². The van der Waals surface area contributed by atoms with Gasteiger partial charge in [-0.1, -0.05) is 6.92 Å². The molecule has 1 N–H and O–H groups in total. The number of rotatable bonds is 2. The van der Waals surface area contributed by atoms with Crippen molar-refractivity contribution >= 4 is 27.5 Å². The molecule has 1 saturated carbocycles. The summed E-state index contributed by atoms with van der Waals surface area (Å²) in [6, 6.07) is 3.73. The number of nitriles is 1. The first-order valence-electron chi connectivity index (χ1n) is 5.75. The Bertz CT molecular complexity index is 553. The largest absolute Gasteiger partial charge is 0.321 e. The zero-order chi connectivity index (χ0) is 14.2. The summed E-state index contributed by atoms with van der Waals surface area (Å²) in [4.78, 5) is 12.1. The zero-order valence-corrected chi connectivity index (χ0v) is 11.7. The number of anilines is 1. The fourth-order valence-corrected chi connectivity index (χ4v) is 2.86. The molecule has 0 bridgehead atoms. The molecule has 1 aromatic rings. The molecule has 0 unspecified atom stereocenters. The summed E-state index contributed by atoms with van der Waals surface area (Å²) in [7, 11) is 0. The average Bonchev–Trinajstić information content (AvgIpc) is 2.29. The number of hydrogen-bond donors (Lipinski definition) is 1. The van der Waals surface area contributed by atoms with E-state index in [4.69, 9.17) is 5.26 Å². The molecule has 0 heterocycles. The van der Waals surface area contributed by atoms with Crippen molar-refractivity contribution in [2.24, 2.45) is 11.3 Å². The SMILES string of the molecule is CC1CC(C#N)(C(=O)Nc2c(F)cc(F)cc2Br)C1. The molecule has 1 aromatic carbocycles. The highest BCUT2D eigenvalue weighted by atomic mass is 79.9. The van der Waals surface area contributed by atoms with Gasteiger partial charge >= 0.3 is 0 Å². The van der Waals surface area contributed by atoms with Gasteiger partial charge in [-0.15, -0.1) is 0 Å². The summed E-state index contributed by atoms with van der Waals surface area (Å²) in [5.74, 6) is -1.86. The van der Waals surface area contributed by atoms with Crippen molar-refractivity contribution in [1.29, 1.82) is 5.26 Å². The number of benzene rings is 1. The minimum atomic E-state index is -1.10. The van der Waals surface area contributed by atoms with Crippen molar-refractivity contribution in [3.05, 3.63) is 28.2 Å². The van der Waals surface area contributed by atoms with Crippen LogP contribution in [-0.4, -0.2) is 5.91 Å². The Morgan fingerprint density at radius 3 is 2.63 bits per heavy atom. The Kier molecular flexibility index (Phi) is 3.59. The van der Waals surface area contributed by atoms with Gasteiger partial charge < -0.3 is 5.32 Å². The van der Waals surface area contributed by atoms with Crippen molar-refractivity contribution in [2.75, 3.05) is 5.32 Å². The predicted molar refractivity (Wildman–Crippen MR) is 69.1 cm³/mol. The predicted octanol–water partition coefficient (Wildman–Crippen LogP) is 3.61. The molecule has 0 atom stereocenters. The maximum Gasteiger partial charge on any atom is 0.244 e. The quantitative estimate of drug-likeness (QED) is 0.901. The molecule has 100 valence electrons. The lowest BCUT2D eigenvalue weighted by Crippen LogP contribution is -2.45. The second-order valence-electron chi connectivity index (χ2n) is 4.91. The molecule has 0 aliphatic heterocycles. The number of carbonyl (C=O) groups is 1. The molecule has 1 aliphatic carbocycles. The summed E-state index contributed by atoms with van der Waals surface area (Å²) in [5, 5.41) is 11.5. The fraction of sp³-hybridized carbons (Fsp3) is 0.385. The van der Waals surface area contributed by atoms with Gasteiger partial charge in [0.25, 0.3) is 0 Å². The lowest BCUT2D eigenvalue weighted by Gasteiger charge is -2.39. The van der Waals surface area contributed by atoms with E-state index in [0.717, 1.165) is 6.07 Å². The van der Waals surface area contributed by atoms with Crippen LogP contribution in [0.2, 0.25) is 0 Å². The van der Waals surface area contributed by atoms with Crippen LogP contribution >= 0.6 is 15.9 Å². The van der Waals surface area contributed by atoms with Gasteiger partial charge in [0.2, 0.25) is 5.91 Å². The van der Waals surface area contributed by atoms with Gasteiger partial charge in [-0.05, 0) is 40.8 Å². The molecule has 1 fully saturated rings. The molecule has 0 spiro atoms. The van der Waals surface area contributed by atoms with E-state index in [9.17, 15) is 13.6 Å². The Labute approximate surface area is 117 Å². The Morgan fingerprint density at radius 1 is 1.53 bits per heavy atom. The average molecular weight is 329 g/mol. The topological polar surface area (TPSA) is 52.9 Å². The minimum absolute atomic E-state index is 0.110. The van der Waals surface area contributed by atoms with E-state index in [1.54, 1.807) is 0 Å². The van der Waals surface area contributed by atoms with Crippen molar-refractivity contribution < 1.29 is 13.6 Å². The third kappa shape index (κ3) is 2.47. The first-order valence-corrected chi connectivity index (χ1v) is 6.54. The Morgan fingerprint density at radius 2 is 2.16 bits per heavy atom. The monoisotopic (exact) mass is 328 g/mol. The number of hydrogen-bond acceptors (Lipinski definition) is 2. The van der Waals surface area contributed by atoms with Gasteiger partial charge in [-0.3, -0.25) is 4.79 Å². The normalized spacial score (nSPS) is 25.3.